The molecule has 2 aromatic carbocycles. The monoisotopic (exact) mass is 530 g/mol. The van der Waals surface area contributed by atoms with Gasteiger partial charge in [-0.05, 0) is 49.1 Å². The van der Waals surface area contributed by atoms with Crippen molar-refractivity contribution in [1.82, 2.24) is 24.8 Å². The van der Waals surface area contributed by atoms with Gasteiger partial charge in [-0.3, -0.25) is 4.79 Å². The van der Waals surface area contributed by atoms with Gasteiger partial charge in [-0.1, -0.05) is 12.1 Å². The Hall–Kier alpha value is -4.12. The molecule has 0 radical (unpaired) electrons. The van der Waals surface area contributed by atoms with E-state index in [-0.39, 0.29) is 23.7 Å². The lowest BCUT2D eigenvalue weighted by Crippen LogP contribution is -2.46. The van der Waals surface area contributed by atoms with Crippen molar-refractivity contribution in [1.29, 1.82) is 0 Å². The van der Waals surface area contributed by atoms with E-state index in [0.717, 1.165) is 41.0 Å². The van der Waals surface area contributed by atoms with Gasteiger partial charge in [0.2, 0.25) is 5.95 Å². The maximum Gasteiger partial charge on any atom is 0.387 e. The van der Waals surface area contributed by atoms with Gasteiger partial charge in [0, 0.05) is 29.1 Å². The molecule has 1 amide bonds. The Labute approximate surface area is 221 Å². The van der Waals surface area contributed by atoms with Crippen molar-refractivity contribution in [2.24, 2.45) is 0 Å². The Balaban J connectivity index is 1.20. The number of imidazole rings is 1. The summed E-state index contributed by atoms with van der Waals surface area (Å²) >= 11 is 0. The standard InChI is InChI=1S/C28H24F2N6O3/c29-27(30)39-23-3-1-2-18-24(23)22-9-20(34-26(18)37)25-33-19-7-4-14(8-21(19)36(22)25)15-10-31-28(32-11-15)35-16-5-6-17(35)13-38-12-16/h1-4,7-8,10-11,16-17,20,22,27H,5-6,9,12-13H2,(H,34,37)/t16?,17?,20-,22-/m1/s1. The van der Waals surface area contributed by atoms with Crippen LogP contribution in [0.3, 0.4) is 0 Å². The summed E-state index contributed by atoms with van der Waals surface area (Å²) in [5.74, 6) is 1.12. The molecule has 2 aromatic heterocycles. The third-order valence-corrected chi connectivity index (χ3v) is 8.41. The third-order valence-electron chi connectivity index (χ3n) is 8.41. The summed E-state index contributed by atoms with van der Waals surface area (Å²) in [6.07, 6.45) is 6.37. The van der Waals surface area contributed by atoms with Gasteiger partial charge in [0.25, 0.3) is 5.91 Å². The third kappa shape index (κ3) is 3.45. The SMILES string of the molecule is O=C1N[C@@H]2C[C@H](c3c(OC(F)F)cccc31)n1c2nc2ccc(-c3cnc(N4C5CCC4COC5)nc3)cc21. The van der Waals surface area contributed by atoms with E-state index in [4.69, 9.17) is 24.4 Å². The largest absolute Gasteiger partial charge is 0.434 e. The normalized spacial score (nSPS) is 25.0. The quantitative estimate of drug-likeness (QED) is 0.422. The molecule has 2 saturated heterocycles. The molecule has 11 heteroatoms. The van der Waals surface area contributed by atoms with Crippen LogP contribution in [0.4, 0.5) is 14.7 Å². The summed E-state index contributed by atoms with van der Waals surface area (Å²) in [6.45, 7) is -1.58. The minimum absolute atomic E-state index is 0.00947. The number of hydrogen-bond donors (Lipinski definition) is 1. The van der Waals surface area contributed by atoms with E-state index in [2.05, 4.69) is 10.2 Å². The Morgan fingerprint density at radius 1 is 1.05 bits per heavy atom. The molecule has 0 aliphatic carbocycles. The first-order chi connectivity index (χ1) is 19.0. The van der Waals surface area contributed by atoms with Gasteiger partial charge in [-0.2, -0.15) is 8.78 Å². The number of rotatable bonds is 4. The number of amides is 1. The first-order valence-electron chi connectivity index (χ1n) is 13.1. The number of halogens is 2. The number of aromatic nitrogens is 4. The molecule has 2 fully saturated rings. The highest BCUT2D eigenvalue weighted by atomic mass is 19.3. The predicted octanol–water partition coefficient (Wildman–Crippen LogP) is 4.24. The van der Waals surface area contributed by atoms with Crippen LogP contribution in [0.1, 0.15) is 53.1 Å². The van der Waals surface area contributed by atoms with E-state index >= 15 is 0 Å². The van der Waals surface area contributed by atoms with Gasteiger partial charge in [-0.25, -0.2) is 15.0 Å². The highest BCUT2D eigenvalue weighted by Crippen LogP contribution is 2.47. The zero-order valence-electron chi connectivity index (χ0n) is 20.8. The van der Waals surface area contributed by atoms with Crippen LogP contribution < -0.4 is 15.0 Å². The molecule has 0 spiro atoms. The van der Waals surface area contributed by atoms with Crippen molar-refractivity contribution in [2.75, 3.05) is 18.1 Å². The van der Waals surface area contributed by atoms with Crippen LogP contribution in [-0.2, 0) is 4.74 Å². The van der Waals surface area contributed by atoms with Crippen LogP contribution >= 0.6 is 0 Å². The minimum atomic E-state index is -3.00. The summed E-state index contributed by atoms with van der Waals surface area (Å²) < 4.78 is 39.2. The molecule has 4 aliphatic rings. The van der Waals surface area contributed by atoms with Crippen LogP contribution in [0.25, 0.3) is 22.2 Å². The summed E-state index contributed by atoms with van der Waals surface area (Å²) in [7, 11) is 0. The van der Waals surface area contributed by atoms with Crippen molar-refractivity contribution in [3.05, 3.63) is 65.7 Å². The predicted molar refractivity (Wildman–Crippen MR) is 137 cm³/mol. The molecule has 4 atom stereocenters. The topological polar surface area (TPSA) is 94.4 Å². The summed E-state index contributed by atoms with van der Waals surface area (Å²) in [4.78, 5) is 29.5. The lowest BCUT2D eigenvalue weighted by Gasteiger charge is -2.34. The molecule has 1 N–H and O–H groups in total. The average Bonchev–Trinajstić information content (AvgIpc) is 3.52. The highest BCUT2D eigenvalue weighted by molar-refractivity contribution is 5.98. The number of morpholine rings is 1. The van der Waals surface area contributed by atoms with Gasteiger partial charge in [0.1, 0.15) is 11.6 Å². The molecule has 4 aliphatic heterocycles. The molecular formula is C28H24F2N6O3. The van der Waals surface area contributed by atoms with Gasteiger partial charge >= 0.3 is 6.61 Å². The minimum Gasteiger partial charge on any atom is -0.434 e. The number of benzene rings is 2. The van der Waals surface area contributed by atoms with Gasteiger partial charge in [0.15, 0.2) is 0 Å². The molecule has 8 rings (SSSR count). The second-order valence-electron chi connectivity index (χ2n) is 10.5. The van der Waals surface area contributed by atoms with E-state index in [1.54, 1.807) is 12.1 Å². The molecule has 4 bridgehead atoms. The maximum atomic E-state index is 13.3. The zero-order valence-corrected chi connectivity index (χ0v) is 20.8. The van der Waals surface area contributed by atoms with E-state index in [1.165, 1.54) is 6.07 Å². The fourth-order valence-electron chi connectivity index (χ4n) is 6.75. The number of anilines is 1. The van der Waals surface area contributed by atoms with Crippen molar-refractivity contribution in [3.8, 4) is 16.9 Å². The van der Waals surface area contributed by atoms with E-state index in [0.29, 0.717) is 48.7 Å². The molecule has 39 heavy (non-hydrogen) atoms. The maximum absolute atomic E-state index is 13.3. The first-order valence-corrected chi connectivity index (χ1v) is 13.1. The van der Waals surface area contributed by atoms with Crippen LogP contribution in [0, 0.1) is 0 Å². The molecule has 198 valence electrons. The molecular weight excluding hydrogens is 506 g/mol. The molecule has 6 heterocycles. The number of hydrogen-bond acceptors (Lipinski definition) is 7. The molecule has 0 saturated carbocycles. The Morgan fingerprint density at radius 3 is 2.62 bits per heavy atom. The fourth-order valence-corrected chi connectivity index (χ4v) is 6.75. The van der Waals surface area contributed by atoms with Gasteiger partial charge < -0.3 is 24.3 Å². The number of carbonyl (C=O) groups excluding carboxylic acids is 1. The van der Waals surface area contributed by atoms with Crippen LogP contribution in [0.2, 0.25) is 0 Å². The van der Waals surface area contributed by atoms with Crippen molar-refractivity contribution < 1.29 is 23.0 Å². The summed E-state index contributed by atoms with van der Waals surface area (Å²) in [5.41, 5.74) is 4.18. The molecule has 2 unspecified atom stereocenters. The number of carbonyl (C=O) groups is 1. The van der Waals surface area contributed by atoms with E-state index in [9.17, 15) is 13.6 Å². The van der Waals surface area contributed by atoms with Crippen LogP contribution in [-0.4, -0.2) is 57.3 Å². The van der Waals surface area contributed by atoms with E-state index in [1.807, 2.05) is 35.2 Å². The Kier molecular flexibility index (Phi) is 4.94. The molecule has 9 nitrogen and oxygen atoms in total. The lowest BCUT2D eigenvalue weighted by atomic mass is 9.97. The highest BCUT2D eigenvalue weighted by Gasteiger charge is 2.42. The van der Waals surface area contributed by atoms with Gasteiger partial charge in [0.05, 0.1) is 48.4 Å². The zero-order chi connectivity index (χ0) is 26.2. The van der Waals surface area contributed by atoms with Crippen molar-refractivity contribution >= 4 is 22.9 Å². The smallest absolute Gasteiger partial charge is 0.387 e. The van der Waals surface area contributed by atoms with Gasteiger partial charge in [-0.15, -0.1) is 0 Å². The average molecular weight is 531 g/mol. The lowest BCUT2D eigenvalue weighted by molar-refractivity contribution is -0.0507. The molecule has 4 aromatic rings. The number of ether oxygens (including phenoxy) is 2. The summed E-state index contributed by atoms with van der Waals surface area (Å²) in [6, 6.07) is 10.6. The number of nitrogens with zero attached hydrogens (tertiary/aromatic N) is 5. The van der Waals surface area contributed by atoms with E-state index < -0.39 is 6.61 Å². The van der Waals surface area contributed by atoms with Crippen molar-refractivity contribution in [2.45, 2.75) is 50.0 Å². The van der Waals surface area contributed by atoms with Crippen LogP contribution in [0.5, 0.6) is 5.75 Å². The number of nitrogens with one attached hydrogen (secondary N) is 1. The van der Waals surface area contributed by atoms with Crippen molar-refractivity contribution in [3.63, 3.8) is 0 Å². The number of fused-ring (bicyclic) bond motifs is 11. The Morgan fingerprint density at radius 2 is 1.85 bits per heavy atom. The van der Waals surface area contributed by atoms with Crippen LogP contribution in [0.15, 0.2) is 48.8 Å². The second-order valence-corrected chi connectivity index (χ2v) is 10.5. The fraction of sp³-hybridized carbons (Fsp3) is 0.357. The number of alkyl halides is 2. The first kappa shape index (κ1) is 22.8. The Bertz CT molecular complexity index is 1610. The summed E-state index contributed by atoms with van der Waals surface area (Å²) in [5, 5.41) is 3.02. The second kappa shape index (κ2) is 8.44.